The van der Waals surface area contributed by atoms with Gasteiger partial charge in [-0.25, -0.2) is 4.98 Å². The Kier molecular flexibility index (Phi) is 3.10. The molecule has 0 saturated heterocycles. The van der Waals surface area contributed by atoms with Crippen molar-refractivity contribution in [2.45, 2.75) is 13.5 Å². The Morgan fingerprint density at radius 3 is 3.00 bits per heavy atom. The van der Waals surface area contributed by atoms with Crippen molar-refractivity contribution in [3.8, 4) is 11.8 Å². The molecule has 4 nitrogen and oxygen atoms in total. The lowest BCUT2D eigenvalue weighted by Gasteiger charge is -2.10. The van der Waals surface area contributed by atoms with Crippen LogP contribution in [0.5, 0.6) is 5.75 Å². The smallest absolute Gasteiger partial charge is 0.213 e. The minimum atomic E-state index is 0.411. The van der Waals surface area contributed by atoms with Crippen molar-refractivity contribution in [2.75, 3.05) is 7.11 Å². The van der Waals surface area contributed by atoms with Gasteiger partial charge in [0.05, 0.1) is 13.7 Å². The van der Waals surface area contributed by atoms with Gasteiger partial charge in [-0.2, -0.15) is 5.26 Å². The summed E-state index contributed by atoms with van der Waals surface area (Å²) in [5.74, 6) is 1.24. The van der Waals surface area contributed by atoms with Crippen LogP contribution in [-0.2, 0) is 6.54 Å². The van der Waals surface area contributed by atoms with Gasteiger partial charge >= 0.3 is 0 Å². The summed E-state index contributed by atoms with van der Waals surface area (Å²) < 4.78 is 7.11. The van der Waals surface area contributed by atoms with Crippen LogP contribution in [0.1, 0.15) is 17.0 Å². The number of aryl methyl sites for hydroxylation is 1. The van der Waals surface area contributed by atoms with Gasteiger partial charge in [0.1, 0.15) is 11.8 Å². The van der Waals surface area contributed by atoms with Crippen molar-refractivity contribution in [1.29, 1.82) is 5.26 Å². The summed E-state index contributed by atoms with van der Waals surface area (Å²) in [6.07, 6.45) is 3.42. The van der Waals surface area contributed by atoms with Crippen LogP contribution in [0.25, 0.3) is 0 Å². The lowest BCUT2D eigenvalue weighted by Crippen LogP contribution is -2.03. The maximum atomic E-state index is 8.90. The molecule has 0 aliphatic rings. The summed E-state index contributed by atoms with van der Waals surface area (Å²) in [6.45, 7) is 2.62. The molecular formula is C13H13N3O. The van der Waals surface area contributed by atoms with E-state index >= 15 is 0 Å². The van der Waals surface area contributed by atoms with Crippen LogP contribution in [0.3, 0.4) is 0 Å². The average Bonchev–Trinajstić information content (AvgIpc) is 2.77. The van der Waals surface area contributed by atoms with E-state index in [1.165, 1.54) is 5.56 Å². The maximum absolute atomic E-state index is 8.90. The fourth-order valence-corrected chi connectivity index (χ4v) is 1.76. The molecule has 86 valence electrons. The van der Waals surface area contributed by atoms with Crippen molar-refractivity contribution < 1.29 is 4.74 Å². The Morgan fingerprint density at radius 2 is 2.29 bits per heavy atom. The Morgan fingerprint density at radius 1 is 1.47 bits per heavy atom. The first-order chi connectivity index (χ1) is 8.24. The molecule has 0 amide bonds. The van der Waals surface area contributed by atoms with Crippen molar-refractivity contribution in [3.63, 3.8) is 0 Å². The Hall–Kier alpha value is -2.28. The second kappa shape index (κ2) is 4.71. The molecule has 2 rings (SSSR count). The zero-order valence-corrected chi connectivity index (χ0v) is 9.84. The molecule has 4 heteroatoms. The van der Waals surface area contributed by atoms with E-state index < -0.39 is 0 Å². The van der Waals surface area contributed by atoms with Crippen LogP contribution in [0.15, 0.2) is 30.6 Å². The molecule has 0 bridgehead atoms. The van der Waals surface area contributed by atoms with Crippen molar-refractivity contribution in [3.05, 3.63) is 47.5 Å². The second-order valence-electron chi connectivity index (χ2n) is 3.81. The summed E-state index contributed by atoms with van der Waals surface area (Å²) in [6, 6.07) is 8.05. The molecule has 0 aliphatic heterocycles. The molecule has 0 unspecified atom stereocenters. The first-order valence-corrected chi connectivity index (χ1v) is 5.29. The number of methoxy groups -OCH3 is 1. The molecule has 0 N–H and O–H groups in total. The summed E-state index contributed by atoms with van der Waals surface area (Å²) in [7, 11) is 1.65. The highest BCUT2D eigenvalue weighted by atomic mass is 16.5. The van der Waals surface area contributed by atoms with Crippen molar-refractivity contribution >= 4 is 0 Å². The lowest BCUT2D eigenvalue weighted by molar-refractivity contribution is 0.408. The van der Waals surface area contributed by atoms with Crippen LogP contribution in [0.4, 0.5) is 0 Å². The first-order valence-electron chi connectivity index (χ1n) is 5.29. The molecular weight excluding hydrogens is 214 g/mol. The first kappa shape index (κ1) is 11.2. The van der Waals surface area contributed by atoms with E-state index in [0.717, 1.165) is 11.3 Å². The van der Waals surface area contributed by atoms with Crippen LogP contribution < -0.4 is 4.74 Å². The van der Waals surface area contributed by atoms with Gasteiger partial charge in [-0.3, -0.25) is 0 Å². The number of aromatic nitrogens is 2. The number of benzene rings is 1. The summed E-state index contributed by atoms with van der Waals surface area (Å²) >= 11 is 0. The summed E-state index contributed by atoms with van der Waals surface area (Å²) in [4.78, 5) is 3.97. The van der Waals surface area contributed by atoms with Gasteiger partial charge in [-0.15, -0.1) is 0 Å². The van der Waals surface area contributed by atoms with Crippen LogP contribution in [0, 0.1) is 18.3 Å². The number of hydrogen-bond donors (Lipinski definition) is 0. The van der Waals surface area contributed by atoms with Gasteiger partial charge in [0.25, 0.3) is 0 Å². The van der Waals surface area contributed by atoms with Gasteiger partial charge in [0.2, 0.25) is 5.82 Å². The predicted octanol–water partition coefficient (Wildman–Crippen LogP) is 2.12. The van der Waals surface area contributed by atoms with E-state index in [2.05, 4.69) is 17.1 Å². The molecule has 2 aromatic rings. The minimum Gasteiger partial charge on any atom is -0.496 e. The molecule has 0 aliphatic carbocycles. The molecule has 1 heterocycles. The molecule has 1 aromatic carbocycles. The second-order valence-corrected chi connectivity index (χ2v) is 3.81. The molecule has 0 fully saturated rings. The van der Waals surface area contributed by atoms with Crippen molar-refractivity contribution in [2.24, 2.45) is 0 Å². The van der Waals surface area contributed by atoms with Gasteiger partial charge in [-0.1, -0.05) is 17.7 Å². The van der Waals surface area contributed by atoms with Gasteiger partial charge < -0.3 is 9.30 Å². The number of nitriles is 1. The fraction of sp³-hybridized carbons (Fsp3) is 0.231. The maximum Gasteiger partial charge on any atom is 0.213 e. The fourth-order valence-electron chi connectivity index (χ4n) is 1.76. The van der Waals surface area contributed by atoms with Gasteiger partial charge in [0, 0.05) is 18.0 Å². The molecule has 17 heavy (non-hydrogen) atoms. The highest BCUT2D eigenvalue weighted by Crippen LogP contribution is 2.21. The zero-order chi connectivity index (χ0) is 12.3. The van der Waals surface area contributed by atoms with E-state index in [0.29, 0.717) is 12.4 Å². The van der Waals surface area contributed by atoms with Crippen LogP contribution in [-0.4, -0.2) is 16.7 Å². The summed E-state index contributed by atoms with van der Waals surface area (Å²) in [5, 5.41) is 8.90. The standard InChI is InChI=1S/C13H13N3O/c1-10-3-4-12(17-2)11(7-10)9-16-6-5-15-13(16)8-14/h3-7H,9H2,1-2H3. The topological polar surface area (TPSA) is 50.8 Å². The third kappa shape index (κ3) is 2.28. The SMILES string of the molecule is COc1ccc(C)cc1Cn1ccnc1C#N. The molecule has 1 aromatic heterocycles. The number of hydrogen-bond acceptors (Lipinski definition) is 3. The predicted molar refractivity (Wildman–Crippen MR) is 63.8 cm³/mol. The van der Waals surface area contributed by atoms with Crippen LogP contribution in [0.2, 0.25) is 0 Å². The normalized spacial score (nSPS) is 9.94. The molecule has 0 saturated carbocycles. The van der Waals surface area contributed by atoms with E-state index in [1.54, 1.807) is 24.1 Å². The van der Waals surface area contributed by atoms with E-state index in [4.69, 9.17) is 10.00 Å². The molecule has 0 atom stereocenters. The van der Waals surface area contributed by atoms with E-state index in [-0.39, 0.29) is 0 Å². The van der Waals surface area contributed by atoms with E-state index in [9.17, 15) is 0 Å². The number of rotatable bonds is 3. The average molecular weight is 227 g/mol. The summed E-state index contributed by atoms with van der Waals surface area (Å²) in [5.41, 5.74) is 2.21. The minimum absolute atomic E-state index is 0.411. The van der Waals surface area contributed by atoms with Gasteiger partial charge in [-0.05, 0) is 13.0 Å². The van der Waals surface area contributed by atoms with Crippen molar-refractivity contribution in [1.82, 2.24) is 9.55 Å². The monoisotopic (exact) mass is 227 g/mol. The Labute approximate surface area is 100 Å². The van der Waals surface area contributed by atoms with E-state index in [1.807, 2.05) is 19.1 Å². The zero-order valence-electron chi connectivity index (χ0n) is 9.84. The highest BCUT2D eigenvalue weighted by Gasteiger charge is 2.07. The molecule has 0 spiro atoms. The third-order valence-corrected chi connectivity index (χ3v) is 2.59. The highest BCUT2D eigenvalue weighted by molar-refractivity contribution is 5.37. The number of ether oxygens (including phenoxy) is 1. The number of nitrogens with zero attached hydrogens (tertiary/aromatic N) is 3. The molecule has 0 radical (unpaired) electrons. The Balaban J connectivity index is 2.36. The lowest BCUT2D eigenvalue weighted by atomic mass is 10.1. The quantitative estimate of drug-likeness (QED) is 0.807. The van der Waals surface area contributed by atoms with Crippen LogP contribution >= 0.6 is 0 Å². The number of imidazole rings is 1. The van der Waals surface area contributed by atoms with Gasteiger partial charge in [0.15, 0.2) is 0 Å². The third-order valence-electron chi connectivity index (χ3n) is 2.59. The largest absolute Gasteiger partial charge is 0.496 e. The Bertz CT molecular complexity index is 566.